The molecule has 0 unspecified atom stereocenters. The molecule has 0 saturated heterocycles. The van der Waals surface area contributed by atoms with Gasteiger partial charge in [0.1, 0.15) is 0 Å². The van der Waals surface area contributed by atoms with Crippen molar-refractivity contribution in [3.63, 3.8) is 0 Å². The third-order valence-corrected chi connectivity index (χ3v) is 18.2. The van der Waals surface area contributed by atoms with Crippen LogP contribution in [0.15, 0.2) is 243 Å². The summed E-state index contributed by atoms with van der Waals surface area (Å²) in [6, 6.07) is 93.4. The van der Waals surface area contributed by atoms with Crippen LogP contribution in [0.2, 0.25) is 0 Å². The lowest BCUT2D eigenvalue weighted by atomic mass is 9.33. The second-order valence-electron chi connectivity index (χ2n) is 22.6. The first-order chi connectivity index (χ1) is 36.9. The summed E-state index contributed by atoms with van der Waals surface area (Å²) in [4.78, 5) is 5.24. The topological polar surface area (TPSA) is 6.48 Å². The zero-order chi connectivity index (χ0) is 49.5. The fraction of sp³-hybridized carbons (Fsp3) is 0.0833. The van der Waals surface area contributed by atoms with E-state index in [1.165, 1.54) is 134 Å². The van der Waals surface area contributed by atoms with Gasteiger partial charge < -0.3 is 9.80 Å². The number of nitrogens with zero attached hydrogens (tertiary/aromatic N) is 2. The highest BCUT2D eigenvalue weighted by atomic mass is 15.2. The maximum absolute atomic E-state index is 2.68. The second-order valence-corrected chi connectivity index (χ2v) is 22.6. The Labute approximate surface area is 438 Å². The first-order valence-electron chi connectivity index (χ1n) is 26.7. The van der Waals surface area contributed by atoms with Crippen molar-refractivity contribution < 1.29 is 0 Å². The SMILES string of the molecule is CC(C)(C)c1cc2c3c(c1)N(c1ccccc1)c1cc4c(cc1B3c1cc3c(cc1N2c1ccccc1)-c1ccccc1C31c2ccccc2-c2ccccc21)-c1ccccc1C41c2ccccc2-c2ccccc21. The molecule has 0 fully saturated rings. The minimum atomic E-state index is -0.495. The number of anilines is 6. The molecule has 2 nitrogen and oxygen atoms in total. The summed E-state index contributed by atoms with van der Waals surface area (Å²) in [5.74, 6) is 0. The van der Waals surface area contributed by atoms with Crippen LogP contribution in [0.3, 0.4) is 0 Å². The smallest absolute Gasteiger partial charge is 0.252 e. The van der Waals surface area contributed by atoms with Gasteiger partial charge in [0, 0.05) is 34.1 Å². The van der Waals surface area contributed by atoms with E-state index >= 15 is 0 Å². The average Bonchev–Trinajstić information content (AvgIpc) is 4.27. The molecular formula is C72H49BN2. The van der Waals surface area contributed by atoms with Crippen molar-refractivity contribution in [1.82, 2.24) is 0 Å². The highest BCUT2D eigenvalue weighted by Gasteiger charge is 2.56. The van der Waals surface area contributed by atoms with Crippen molar-refractivity contribution in [2.24, 2.45) is 0 Å². The standard InChI is InChI=1S/C72H49BN2/c1-70(2,3)44-38-67-69-68(39-44)75(46-24-8-5-9-25-46)66-43-62-53(51-30-14-20-36-59(51)72(62)57-34-18-12-28-49(57)50-29-13-19-35-58(50)72)40-63(66)73(69)64-42-61-54(41-65(64)74(67)45-22-6-4-7-23-45)52-31-15-21-37-60(52)71(61)55-32-16-10-26-47(55)48-27-11-17-33-56(48)71/h4-43H,1-3H3. The molecule has 3 heteroatoms. The van der Waals surface area contributed by atoms with Crippen LogP contribution in [0.25, 0.3) is 44.5 Å². The summed E-state index contributed by atoms with van der Waals surface area (Å²) >= 11 is 0. The minimum absolute atomic E-state index is 0.107. The molecule has 2 aliphatic heterocycles. The molecule has 0 atom stereocenters. The molecule has 17 rings (SSSR count). The molecule has 0 radical (unpaired) electrons. The number of hydrogen-bond acceptors (Lipinski definition) is 2. The van der Waals surface area contributed by atoms with Gasteiger partial charge in [0.2, 0.25) is 0 Å². The third-order valence-electron chi connectivity index (χ3n) is 18.2. The van der Waals surface area contributed by atoms with E-state index in [2.05, 4.69) is 273 Å². The van der Waals surface area contributed by atoms with Crippen LogP contribution in [0.5, 0.6) is 0 Å². The lowest BCUT2D eigenvalue weighted by Crippen LogP contribution is -2.61. The van der Waals surface area contributed by atoms with Gasteiger partial charge in [-0.05, 0) is 165 Å². The monoisotopic (exact) mass is 952 g/mol. The molecule has 4 aliphatic carbocycles. The van der Waals surface area contributed by atoms with Gasteiger partial charge >= 0.3 is 0 Å². The van der Waals surface area contributed by atoms with Crippen molar-refractivity contribution in [3.8, 4) is 44.5 Å². The molecule has 2 heterocycles. The molecule has 0 N–H and O–H groups in total. The van der Waals surface area contributed by atoms with Gasteiger partial charge in [0.15, 0.2) is 0 Å². The molecule has 0 saturated carbocycles. The van der Waals surface area contributed by atoms with E-state index in [4.69, 9.17) is 0 Å². The number of para-hydroxylation sites is 2. The normalized spacial score (nSPS) is 15.3. The van der Waals surface area contributed by atoms with E-state index < -0.39 is 10.8 Å². The highest BCUT2D eigenvalue weighted by molar-refractivity contribution is 7.00. The van der Waals surface area contributed by atoms with Crippen molar-refractivity contribution in [2.75, 3.05) is 9.80 Å². The maximum atomic E-state index is 2.68. The van der Waals surface area contributed by atoms with Gasteiger partial charge in [-0.2, -0.15) is 0 Å². The molecule has 6 aliphatic rings. The van der Waals surface area contributed by atoms with Crippen LogP contribution in [0.1, 0.15) is 70.8 Å². The summed E-state index contributed by atoms with van der Waals surface area (Å²) in [6.07, 6.45) is 0. The average molecular weight is 953 g/mol. The van der Waals surface area contributed by atoms with Gasteiger partial charge in [-0.15, -0.1) is 0 Å². The van der Waals surface area contributed by atoms with Crippen LogP contribution < -0.4 is 26.2 Å². The lowest BCUT2D eigenvalue weighted by molar-refractivity contribution is 0.590. The number of rotatable bonds is 2. The van der Waals surface area contributed by atoms with Gasteiger partial charge in [-0.1, -0.05) is 215 Å². The Hall–Kier alpha value is -8.92. The molecule has 0 bridgehead atoms. The molecule has 0 aromatic heterocycles. The minimum Gasteiger partial charge on any atom is -0.311 e. The number of benzene rings is 11. The molecule has 11 aromatic rings. The molecule has 2 spiro atoms. The molecule has 11 aromatic carbocycles. The predicted octanol–water partition coefficient (Wildman–Crippen LogP) is 15.8. The molecule has 350 valence electrons. The van der Waals surface area contributed by atoms with Gasteiger partial charge in [0.05, 0.1) is 10.8 Å². The number of fused-ring (bicyclic) bond motifs is 24. The van der Waals surface area contributed by atoms with Gasteiger partial charge in [-0.3, -0.25) is 0 Å². The van der Waals surface area contributed by atoms with Gasteiger partial charge in [0.25, 0.3) is 6.71 Å². The van der Waals surface area contributed by atoms with E-state index in [-0.39, 0.29) is 12.1 Å². The van der Waals surface area contributed by atoms with E-state index in [0.29, 0.717) is 0 Å². The van der Waals surface area contributed by atoms with Crippen molar-refractivity contribution in [3.05, 3.63) is 293 Å². The van der Waals surface area contributed by atoms with Crippen LogP contribution in [-0.2, 0) is 16.2 Å². The van der Waals surface area contributed by atoms with Crippen LogP contribution in [0, 0.1) is 0 Å². The van der Waals surface area contributed by atoms with E-state index in [1.807, 2.05) is 0 Å². The fourth-order valence-corrected chi connectivity index (χ4v) is 15.3. The Bertz CT molecular complexity index is 4220. The van der Waals surface area contributed by atoms with E-state index in [9.17, 15) is 0 Å². The predicted molar refractivity (Wildman–Crippen MR) is 312 cm³/mol. The third kappa shape index (κ3) is 5.02. The highest BCUT2D eigenvalue weighted by Crippen LogP contribution is 2.65. The van der Waals surface area contributed by atoms with Crippen LogP contribution >= 0.6 is 0 Å². The number of hydrogen-bond donors (Lipinski definition) is 0. The van der Waals surface area contributed by atoms with Gasteiger partial charge in [-0.25, -0.2) is 0 Å². The zero-order valence-corrected chi connectivity index (χ0v) is 42.1. The Kier molecular flexibility index (Phi) is 8.00. The Morgan fingerprint density at radius 1 is 0.293 bits per heavy atom. The summed E-state index contributed by atoms with van der Waals surface area (Å²) in [5.41, 5.74) is 32.8. The second kappa shape index (κ2) is 14.4. The fourth-order valence-electron chi connectivity index (χ4n) is 15.3. The largest absolute Gasteiger partial charge is 0.311 e. The quantitative estimate of drug-likeness (QED) is 0.159. The van der Waals surface area contributed by atoms with Crippen LogP contribution in [0.4, 0.5) is 34.1 Å². The van der Waals surface area contributed by atoms with Crippen molar-refractivity contribution >= 4 is 57.2 Å². The summed E-state index contributed by atoms with van der Waals surface area (Å²) in [7, 11) is 0. The Morgan fingerprint density at radius 3 is 1.01 bits per heavy atom. The van der Waals surface area contributed by atoms with Crippen molar-refractivity contribution in [1.29, 1.82) is 0 Å². The first kappa shape index (κ1) is 41.5. The zero-order valence-electron chi connectivity index (χ0n) is 42.1. The molecular weight excluding hydrogens is 904 g/mol. The summed E-state index contributed by atoms with van der Waals surface area (Å²) in [6.45, 7) is 7.00. The maximum Gasteiger partial charge on any atom is 0.252 e. The Morgan fingerprint density at radius 2 is 0.613 bits per heavy atom. The first-order valence-corrected chi connectivity index (χ1v) is 26.7. The Balaban J connectivity index is 1.04. The summed E-state index contributed by atoms with van der Waals surface area (Å²) in [5, 5.41) is 0. The molecule has 75 heavy (non-hydrogen) atoms. The van der Waals surface area contributed by atoms with Crippen molar-refractivity contribution in [2.45, 2.75) is 37.0 Å². The lowest BCUT2D eigenvalue weighted by Gasteiger charge is -2.46. The molecule has 0 amide bonds. The summed E-state index contributed by atoms with van der Waals surface area (Å²) < 4.78 is 0. The van der Waals surface area contributed by atoms with E-state index in [0.717, 1.165) is 11.4 Å². The van der Waals surface area contributed by atoms with E-state index in [1.54, 1.807) is 0 Å². The van der Waals surface area contributed by atoms with Crippen LogP contribution in [-0.4, -0.2) is 6.71 Å².